The molecule has 0 radical (unpaired) electrons. The molecule has 0 aliphatic heterocycles. The van der Waals surface area contributed by atoms with Crippen LogP contribution in [0.25, 0.3) is 0 Å². The average molecular weight is 682 g/mol. The van der Waals surface area contributed by atoms with E-state index in [9.17, 15) is 14.4 Å². The molecule has 3 unspecified atom stereocenters. The van der Waals surface area contributed by atoms with Gasteiger partial charge in [0.05, 0.1) is 44.4 Å². The fourth-order valence-corrected chi connectivity index (χ4v) is 6.37. The molecule has 0 heterocycles. The Morgan fingerprint density at radius 2 is 0.833 bits per heavy atom. The maximum absolute atomic E-state index is 13.3. The van der Waals surface area contributed by atoms with Crippen LogP contribution in [0.5, 0.6) is 0 Å². The lowest BCUT2D eigenvalue weighted by Gasteiger charge is -2.25. The third-order valence-electron chi connectivity index (χ3n) is 9.92. The zero-order valence-electron chi connectivity index (χ0n) is 32.8. The van der Waals surface area contributed by atoms with Crippen molar-refractivity contribution in [3.8, 4) is 0 Å². The second kappa shape index (κ2) is 33.8. The predicted molar refractivity (Wildman–Crippen MR) is 201 cm³/mol. The fourth-order valence-electron chi connectivity index (χ4n) is 6.37. The van der Waals surface area contributed by atoms with Crippen molar-refractivity contribution in [2.45, 2.75) is 201 Å². The lowest BCUT2D eigenvalue weighted by Crippen LogP contribution is -2.85. The van der Waals surface area contributed by atoms with Crippen molar-refractivity contribution < 1.29 is 29.2 Å². The highest BCUT2D eigenvalue weighted by atomic mass is 16.5. The zero-order chi connectivity index (χ0) is 35.7. The third-order valence-corrected chi connectivity index (χ3v) is 9.92. The van der Waals surface area contributed by atoms with Crippen LogP contribution in [0, 0.1) is 11.8 Å². The van der Waals surface area contributed by atoms with Crippen molar-refractivity contribution in [2.75, 3.05) is 33.4 Å². The number of hydrogen-bond donors (Lipinski definition) is 1. The molecule has 284 valence electrons. The van der Waals surface area contributed by atoms with Gasteiger partial charge in [-0.3, -0.25) is 14.4 Å². The Balaban J connectivity index is 5.12. The van der Waals surface area contributed by atoms with Gasteiger partial charge in [0.25, 0.3) is 0 Å². The van der Waals surface area contributed by atoms with Crippen LogP contribution < -0.4 is 5.32 Å². The Bertz CT molecular complexity index is 711. The molecule has 7 nitrogen and oxygen atoms in total. The van der Waals surface area contributed by atoms with E-state index in [1.165, 1.54) is 89.9 Å². The number of quaternary nitrogens is 1. The topological polar surface area (TPSA) is 89.5 Å². The maximum atomic E-state index is 13.3. The van der Waals surface area contributed by atoms with Gasteiger partial charge in [-0.1, -0.05) is 156 Å². The molecule has 3 atom stereocenters. The van der Waals surface area contributed by atoms with Crippen molar-refractivity contribution >= 4 is 17.8 Å². The summed E-state index contributed by atoms with van der Waals surface area (Å²) in [7, 11) is 1.97. The van der Waals surface area contributed by atoms with E-state index < -0.39 is 0 Å². The molecule has 48 heavy (non-hydrogen) atoms. The molecule has 0 saturated heterocycles. The summed E-state index contributed by atoms with van der Waals surface area (Å²) in [6, 6.07) is 0.153. The summed E-state index contributed by atoms with van der Waals surface area (Å²) in [5.41, 5.74) is 0. The minimum atomic E-state index is -0.116. The number of carbonyl (C=O) groups is 3. The summed E-state index contributed by atoms with van der Waals surface area (Å²) >= 11 is 0. The molecule has 0 aliphatic carbocycles. The Labute approximate surface area is 297 Å². The van der Waals surface area contributed by atoms with E-state index in [1.54, 1.807) is 4.90 Å². The molecule has 0 bridgehead atoms. The molecule has 0 aromatic carbocycles. The summed E-state index contributed by atoms with van der Waals surface area (Å²) in [6.07, 6.45) is 27.7. The van der Waals surface area contributed by atoms with E-state index >= 15 is 0 Å². The van der Waals surface area contributed by atoms with E-state index in [2.05, 4.69) is 27.7 Å². The first kappa shape index (κ1) is 46.4. The van der Waals surface area contributed by atoms with Gasteiger partial charge >= 0.3 is 11.9 Å². The van der Waals surface area contributed by atoms with Gasteiger partial charge in [0.1, 0.15) is 13.2 Å². The van der Waals surface area contributed by atoms with Gasteiger partial charge in [0.2, 0.25) is 5.91 Å². The van der Waals surface area contributed by atoms with Crippen LogP contribution in [-0.4, -0.2) is 62.1 Å². The molecule has 0 rings (SSSR count). The van der Waals surface area contributed by atoms with Gasteiger partial charge in [0.15, 0.2) is 0 Å². The number of carbonyl (C=O) groups excluding carboxylic acids is 3. The van der Waals surface area contributed by atoms with E-state index in [1.807, 2.05) is 19.3 Å². The van der Waals surface area contributed by atoms with Crippen molar-refractivity contribution in [2.24, 2.45) is 11.8 Å². The van der Waals surface area contributed by atoms with Gasteiger partial charge in [0, 0.05) is 0 Å². The smallest absolute Gasteiger partial charge is 0.308 e. The van der Waals surface area contributed by atoms with E-state index in [0.29, 0.717) is 19.5 Å². The molecule has 0 spiro atoms. The molecule has 0 aromatic heterocycles. The molecule has 2 N–H and O–H groups in total. The first-order valence-corrected chi connectivity index (χ1v) is 20.7. The van der Waals surface area contributed by atoms with Crippen molar-refractivity contribution in [1.82, 2.24) is 4.90 Å². The number of ether oxygens (including phenoxy) is 2. The first-order valence-electron chi connectivity index (χ1n) is 20.7. The average Bonchev–Trinajstić information content (AvgIpc) is 3.08. The van der Waals surface area contributed by atoms with E-state index in [4.69, 9.17) is 9.47 Å². The molecule has 1 amide bonds. The minimum Gasteiger partial charge on any atom is -0.464 e. The van der Waals surface area contributed by atoms with Gasteiger partial charge in [-0.05, 0) is 32.6 Å². The van der Waals surface area contributed by atoms with Crippen LogP contribution in [0.1, 0.15) is 195 Å². The molecule has 7 heteroatoms. The number of nitrogens with zero attached hydrogens (tertiary/aromatic N) is 1. The van der Waals surface area contributed by atoms with Gasteiger partial charge < -0.3 is 19.7 Å². The Morgan fingerprint density at radius 1 is 0.521 bits per heavy atom. The van der Waals surface area contributed by atoms with Gasteiger partial charge in [-0.15, -0.1) is 0 Å². The largest absolute Gasteiger partial charge is 0.464 e. The maximum Gasteiger partial charge on any atom is 0.308 e. The Kier molecular flexibility index (Phi) is 32.7. The Hall–Kier alpha value is -1.63. The zero-order valence-corrected chi connectivity index (χ0v) is 32.8. The standard InChI is InChI=1S/C41H80N2O5/c1-7-11-15-19-21-25-29-37(27-23-17-13-9-3)40(45)47-33-31-43(39(44)35-36(5)42-6)32-34-48-41(46)38(28-24-18-14-10-4)30-26-22-20-16-12-8-2/h36-38,42H,7-35H2,1-6H3/p+1. The van der Waals surface area contributed by atoms with Crippen LogP contribution in [-0.2, 0) is 23.9 Å². The normalized spacial score (nSPS) is 13.2. The quantitative estimate of drug-likeness (QED) is 0.0532. The molecule has 0 aromatic rings. The molecule has 0 aliphatic rings. The number of nitrogens with two attached hydrogens (primary N) is 1. The number of amides is 1. The Morgan fingerprint density at radius 3 is 1.17 bits per heavy atom. The molecule has 0 fully saturated rings. The van der Waals surface area contributed by atoms with Crippen LogP contribution in [0.4, 0.5) is 0 Å². The van der Waals surface area contributed by atoms with Crippen LogP contribution >= 0.6 is 0 Å². The monoisotopic (exact) mass is 682 g/mol. The van der Waals surface area contributed by atoms with Gasteiger partial charge in [-0.2, -0.15) is 0 Å². The van der Waals surface area contributed by atoms with Crippen molar-refractivity contribution in [3.05, 3.63) is 0 Å². The van der Waals surface area contributed by atoms with Gasteiger partial charge in [-0.25, -0.2) is 0 Å². The SMILES string of the molecule is CCCCCCCCC(CCCCCC)C(=O)OCCN(CCOC(=O)C(CCCCCC)CCCCCCCC)C(=O)CC(C)[NH2+]C. The second-order valence-corrected chi connectivity index (χ2v) is 14.4. The van der Waals surface area contributed by atoms with Crippen molar-refractivity contribution in [3.63, 3.8) is 0 Å². The highest BCUT2D eigenvalue weighted by Crippen LogP contribution is 2.22. The van der Waals surface area contributed by atoms with Crippen LogP contribution in [0.2, 0.25) is 0 Å². The number of hydrogen-bond acceptors (Lipinski definition) is 5. The summed E-state index contributed by atoms with van der Waals surface area (Å²) in [5, 5.41) is 2.03. The van der Waals surface area contributed by atoms with Crippen LogP contribution in [0.15, 0.2) is 0 Å². The number of rotatable bonds is 35. The first-order chi connectivity index (χ1) is 23.3. The summed E-state index contributed by atoms with van der Waals surface area (Å²) in [5.74, 6) is -0.342. The van der Waals surface area contributed by atoms with E-state index in [-0.39, 0.29) is 48.9 Å². The molecular formula is C41H81N2O5+. The minimum absolute atomic E-state index is 0.0130. The highest BCUT2D eigenvalue weighted by Gasteiger charge is 2.23. The highest BCUT2D eigenvalue weighted by molar-refractivity contribution is 5.77. The van der Waals surface area contributed by atoms with Crippen molar-refractivity contribution in [1.29, 1.82) is 0 Å². The summed E-state index contributed by atoms with van der Waals surface area (Å²) < 4.78 is 11.7. The number of esters is 2. The summed E-state index contributed by atoms with van der Waals surface area (Å²) in [4.78, 5) is 41.4. The van der Waals surface area contributed by atoms with Crippen LogP contribution in [0.3, 0.4) is 0 Å². The number of unbranched alkanes of at least 4 members (excludes halogenated alkanes) is 16. The fraction of sp³-hybridized carbons (Fsp3) is 0.927. The predicted octanol–water partition coefficient (Wildman–Crippen LogP) is 9.55. The third kappa shape index (κ3) is 26.3. The summed E-state index contributed by atoms with van der Waals surface area (Å²) in [6.45, 7) is 11.9. The molecule has 0 saturated carbocycles. The lowest BCUT2D eigenvalue weighted by atomic mass is 9.94. The lowest BCUT2D eigenvalue weighted by molar-refractivity contribution is -0.659. The molecular weight excluding hydrogens is 600 g/mol. The van der Waals surface area contributed by atoms with E-state index in [0.717, 1.165) is 64.2 Å². The second-order valence-electron chi connectivity index (χ2n) is 14.4.